The van der Waals surface area contributed by atoms with Gasteiger partial charge in [-0.2, -0.15) is 0 Å². The van der Waals surface area contributed by atoms with E-state index in [1.807, 2.05) is 43.3 Å². The Morgan fingerprint density at radius 2 is 1.93 bits per heavy atom. The van der Waals surface area contributed by atoms with Crippen LogP contribution >= 0.6 is 11.3 Å². The van der Waals surface area contributed by atoms with Gasteiger partial charge in [0.2, 0.25) is 0 Å². The number of benzene rings is 2. The van der Waals surface area contributed by atoms with Crippen LogP contribution in [0.1, 0.15) is 27.7 Å². The number of carbonyl (C=O) groups excluding carboxylic acids is 2. The van der Waals surface area contributed by atoms with Crippen molar-refractivity contribution in [3.63, 3.8) is 0 Å². The highest BCUT2D eigenvalue weighted by Gasteiger charge is 2.43. The molecule has 0 fully saturated rings. The zero-order valence-electron chi connectivity index (χ0n) is 16.3. The number of nitrogens with one attached hydrogen (secondary N) is 1. The van der Waals surface area contributed by atoms with Crippen molar-refractivity contribution >= 4 is 28.3 Å². The minimum Gasteiger partial charge on any atom is -0.497 e. The fourth-order valence-electron chi connectivity index (χ4n) is 3.36. The second-order valence-electron chi connectivity index (χ2n) is 7.06. The number of aryl methyl sites for hydroxylation is 1. The monoisotopic (exact) mass is 408 g/mol. The molecule has 2 heterocycles. The van der Waals surface area contributed by atoms with Crippen LogP contribution in [0, 0.1) is 6.92 Å². The third-order valence-corrected chi connectivity index (χ3v) is 5.83. The summed E-state index contributed by atoms with van der Waals surface area (Å²) < 4.78 is 10.7. The van der Waals surface area contributed by atoms with E-state index in [1.54, 1.807) is 26.2 Å². The van der Waals surface area contributed by atoms with E-state index in [9.17, 15) is 9.59 Å². The van der Waals surface area contributed by atoms with Gasteiger partial charge >= 0.3 is 5.97 Å². The molecule has 1 atom stereocenters. The fraction of sp³-hybridized carbons (Fsp3) is 0.227. The lowest BCUT2D eigenvalue weighted by Gasteiger charge is -2.32. The Hall–Kier alpha value is -3.19. The maximum Gasteiger partial charge on any atom is 0.339 e. The van der Waals surface area contributed by atoms with E-state index in [-0.39, 0.29) is 0 Å². The lowest BCUT2D eigenvalue weighted by Crippen LogP contribution is -2.48. The number of carbonyl (C=O) groups is 2. The van der Waals surface area contributed by atoms with Gasteiger partial charge < -0.3 is 9.47 Å². The minimum atomic E-state index is -1.29. The Balaban J connectivity index is 1.55. The standard InChI is InChI=1S/C22H20N2O4S/c1-13-18(14-8-10-16(27-3)11-9-14)23-21(29-13)24-20(26)22(2)12-15-6-4-5-7-17(15)19(25)28-22/h4-11H,12H2,1-3H3,(H,23,24,26). The molecule has 0 radical (unpaired) electrons. The summed E-state index contributed by atoms with van der Waals surface area (Å²) in [6.07, 6.45) is 0.316. The van der Waals surface area contributed by atoms with Gasteiger partial charge in [-0.25, -0.2) is 9.78 Å². The van der Waals surface area contributed by atoms with E-state index in [1.165, 1.54) is 11.3 Å². The van der Waals surface area contributed by atoms with Gasteiger partial charge in [0.25, 0.3) is 5.91 Å². The highest BCUT2D eigenvalue weighted by atomic mass is 32.1. The summed E-state index contributed by atoms with van der Waals surface area (Å²) in [6.45, 7) is 3.58. The SMILES string of the molecule is COc1ccc(-c2nc(NC(=O)C3(C)Cc4ccccc4C(=O)O3)sc2C)cc1. The van der Waals surface area contributed by atoms with Crippen LogP contribution in [-0.4, -0.2) is 29.6 Å². The molecule has 6 nitrogen and oxygen atoms in total. The van der Waals surface area contributed by atoms with Gasteiger partial charge in [-0.3, -0.25) is 10.1 Å². The van der Waals surface area contributed by atoms with Crippen LogP contribution in [-0.2, 0) is 16.0 Å². The first-order valence-electron chi connectivity index (χ1n) is 9.14. The van der Waals surface area contributed by atoms with Crippen LogP contribution in [0.5, 0.6) is 5.75 Å². The largest absolute Gasteiger partial charge is 0.497 e. The maximum atomic E-state index is 12.9. The molecule has 7 heteroatoms. The molecule has 29 heavy (non-hydrogen) atoms. The van der Waals surface area contributed by atoms with Crippen LogP contribution in [0.4, 0.5) is 5.13 Å². The normalized spacial score (nSPS) is 18.0. The van der Waals surface area contributed by atoms with E-state index >= 15 is 0 Å². The summed E-state index contributed by atoms with van der Waals surface area (Å²) in [4.78, 5) is 30.8. The molecular weight excluding hydrogens is 388 g/mol. The molecule has 1 aliphatic rings. The average molecular weight is 408 g/mol. The zero-order valence-corrected chi connectivity index (χ0v) is 17.1. The smallest absolute Gasteiger partial charge is 0.339 e. The lowest BCUT2D eigenvalue weighted by molar-refractivity contribution is -0.134. The van der Waals surface area contributed by atoms with Crippen LogP contribution in [0.25, 0.3) is 11.3 Å². The number of amides is 1. The third kappa shape index (κ3) is 3.61. The first kappa shape index (κ1) is 19.1. The Morgan fingerprint density at radius 1 is 1.21 bits per heavy atom. The molecule has 0 saturated carbocycles. The van der Waals surface area contributed by atoms with Crippen molar-refractivity contribution in [1.82, 2.24) is 4.98 Å². The third-order valence-electron chi connectivity index (χ3n) is 4.94. The average Bonchev–Trinajstić information content (AvgIpc) is 3.08. The van der Waals surface area contributed by atoms with E-state index in [0.717, 1.165) is 27.4 Å². The number of hydrogen-bond donors (Lipinski definition) is 1. The molecule has 0 bridgehead atoms. The summed E-state index contributed by atoms with van der Waals surface area (Å²) in [5.41, 5.74) is 1.75. The first-order valence-corrected chi connectivity index (χ1v) is 9.96. The Morgan fingerprint density at radius 3 is 2.66 bits per heavy atom. The van der Waals surface area contributed by atoms with Crippen molar-refractivity contribution in [2.75, 3.05) is 12.4 Å². The molecule has 148 valence electrons. The van der Waals surface area contributed by atoms with Gasteiger partial charge in [0.05, 0.1) is 18.4 Å². The Labute approximate surface area is 172 Å². The quantitative estimate of drug-likeness (QED) is 0.654. The number of cyclic esters (lactones) is 1. The maximum absolute atomic E-state index is 12.9. The molecule has 1 unspecified atom stereocenters. The van der Waals surface area contributed by atoms with Gasteiger partial charge in [0, 0.05) is 16.9 Å². The highest BCUT2D eigenvalue weighted by molar-refractivity contribution is 7.16. The van der Waals surface area contributed by atoms with Crippen LogP contribution in [0.15, 0.2) is 48.5 Å². The number of anilines is 1. The van der Waals surface area contributed by atoms with E-state index in [4.69, 9.17) is 9.47 Å². The van der Waals surface area contributed by atoms with Gasteiger partial charge in [-0.05, 0) is 49.7 Å². The van der Waals surface area contributed by atoms with Crippen molar-refractivity contribution in [3.8, 4) is 17.0 Å². The van der Waals surface area contributed by atoms with Crippen LogP contribution < -0.4 is 10.1 Å². The molecule has 1 N–H and O–H groups in total. The van der Waals surface area contributed by atoms with Crippen molar-refractivity contribution in [1.29, 1.82) is 0 Å². The summed E-state index contributed by atoms with van der Waals surface area (Å²) in [5, 5.41) is 3.29. The number of thiazole rings is 1. The molecule has 1 aromatic heterocycles. The van der Waals surface area contributed by atoms with Gasteiger partial charge in [-0.15, -0.1) is 11.3 Å². The topological polar surface area (TPSA) is 77.5 Å². The summed E-state index contributed by atoms with van der Waals surface area (Å²) in [7, 11) is 1.62. The summed E-state index contributed by atoms with van der Waals surface area (Å²) in [6, 6.07) is 14.8. The van der Waals surface area contributed by atoms with Gasteiger partial charge in [0.1, 0.15) is 5.75 Å². The molecule has 1 amide bonds. The van der Waals surface area contributed by atoms with Crippen molar-refractivity contribution in [2.24, 2.45) is 0 Å². The molecule has 0 spiro atoms. The van der Waals surface area contributed by atoms with Gasteiger partial charge in [-0.1, -0.05) is 18.2 Å². The molecule has 4 rings (SSSR count). The number of nitrogens with zero attached hydrogens (tertiary/aromatic N) is 1. The molecule has 0 saturated heterocycles. The number of hydrogen-bond acceptors (Lipinski definition) is 6. The van der Waals surface area contributed by atoms with Crippen LogP contribution in [0.3, 0.4) is 0 Å². The summed E-state index contributed by atoms with van der Waals surface area (Å²) >= 11 is 1.38. The molecular formula is C22H20N2O4S. The highest BCUT2D eigenvalue weighted by Crippen LogP contribution is 2.33. The second-order valence-corrected chi connectivity index (χ2v) is 8.26. The second kappa shape index (κ2) is 7.33. The van der Waals surface area contributed by atoms with Gasteiger partial charge in [0.15, 0.2) is 10.7 Å². The minimum absolute atomic E-state index is 0.316. The molecule has 2 aromatic carbocycles. The zero-order chi connectivity index (χ0) is 20.6. The Bertz CT molecular complexity index is 1090. The van der Waals surface area contributed by atoms with Crippen LogP contribution in [0.2, 0.25) is 0 Å². The molecule has 0 aliphatic carbocycles. The molecule has 3 aromatic rings. The van der Waals surface area contributed by atoms with E-state index < -0.39 is 17.5 Å². The summed E-state index contributed by atoms with van der Waals surface area (Å²) in [5.74, 6) is -0.114. The lowest BCUT2D eigenvalue weighted by atomic mass is 9.89. The predicted octanol–water partition coefficient (Wildman–Crippen LogP) is 4.24. The Kier molecular flexibility index (Phi) is 4.84. The number of fused-ring (bicyclic) bond motifs is 1. The molecule has 1 aliphatic heterocycles. The number of ether oxygens (including phenoxy) is 2. The van der Waals surface area contributed by atoms with Crippen molar-refractivity contribution in [3.05, 3.63) is 64.5 Å². The van der Waals surface area contributed by atoms with Crippen molar-refractivity contribution in [2.45, 2.75) is 25.9 Å². The van der Waals surface area contributed by atoms with E-state index in [2.05, 4.69) is 10.3 Å². The number of methoxy groups -OCH3 is 1. The first-order chi connectivity index (χ1) is 13.9. The number of esters is 1. The van der Waals surface area contributed by atoms with E-state index in [0.29, 0.717) is 17.1 Å². The predicted molar refractivity (Wildman–Crippen MR) is 111 cm³/mol. The number of aromatic nitrogens is 1. The fourth-order valence-corrected chi connectivity index (χ4v) is 4.19. The number of rotatable bonds is 4. The van der Waals surface area contributed by atoms with Crippen molar-refractivity contribution < 1.29 is 19.1 Å².